The van der Waals surface area contributed by atoms with Crippen LogP contribution < -0.4 is 0 Å². The third-order valence-electron chi connectivity index (χ3n) is 3.66. The Hall–Kier alpha value is -2.04. The van der Waals surface area contributed by atoms with Crippen LogP contribution in [0.15, 0.2) is 35.5 Å². The Kier molecular flexibility index (Phi) is 3.58. The van der Waals surface area contributed by atoms with E-state index in [1.54, 1.807) is 4.90 Å². The lowest BCUT2D eigenvalue weighted by Crippen LogP contribution is -2.53. The summed E-state index contributed by atoms with van der Waals surface area (Å²) < 4.78 is 5.28. The Bertz CT molecular complexity index is 509. The van der Waals surface area contributed by atoms with E-state index >= 15 is 0 Å². The molecule has 1 atom stereocenters. The van der Waals surface area contributed by atoms with E-state index in [0.29, 0.717) is 25.6 Å². The molecule has 106 valence electrons. The van der Waals surface area contributed by atoms with Gasteiger partial charge in [0.2, 0.25) is 0 Å². The second kappa shape index (κ2) is 5.53. The fourth-order valence-electron chi connectivity index (χ4n) is 2.42. The Morgan fingerprint density at radius 1 is 1.40 bits per heavy atom. The van der Waals surface area contributed by atoms with Crippen LogP contribution in [0, 0.1) is 5.92 Å². The molecule has 1 aromatic rings. The number of carbonyl (C=O) groups is 1. The number of amides is 1. The lowest BCUT2D eigenvalue weighted by molar-refractivity contribution is 0.0637. The molecule has 1 aromatic carbocycles. The van der Waals surface area contributed by atoms with Gasteiger partial charge in [0.25, 0.3) is 0 Å². The van der Waals surface area contributed by atoms with Crippen LogP contribution in [0.5, 0.6) is 0 Å². The summed E-state index contributed by atoms with van der Waals surface area (Å²) in [7, 11) is 0. The minimum absolute atomic E-state index is 0.170. The smallest absolute Gasteiger partial charge is 0.410 e. The zero-order valence-corrected chi connectivity index (χ0v) is 11.5. The minimum Gasteiger partial charge on any atom is -0.445 e. The minimum atomic E-state index is -0.252. The summed E-state index contributed by atoms with van der Waals surface area (Å²) in [6, 6.07) is 9.69. The molecule has 0 radical (unpaired) electrons. The number of ether oxygens (including phenoxy) is 1. The molecule has 2 aliphatic heterocycles. The molecule has 1 fully saturated rings. The van der Waals surface area contributed by atoms with E-state index in [0.717, 1.165) is 17.7 Å². The van der Waals surface area contributed by atoms with Crippen molar-refractivity contribution in [2.24, 2.45) is 11.1 Å². The summed E-state index contributed by atoms with van der Waals surface area (Å²) in [5, 5.41) is 4.06. The lowest BCUT2D eigenvalue weighted by atomic mass is 9.92. The number of benzene rings is 1. The van der Waals surface area contributed by atoms with Crippen molar-refractivity contribution in [1.29, 1.82) is 0 Å². The number of carbonyl (C=O) groups excluding carboxylic acids is 1. The fraction of sp³-hybridized carbons (Fsp3) is 0.467. The van der Waals surface area contributed by atoms with Crippen molar-refractivity contribution in [3.05, 3.63) is 35.9 Å². The second-order valence-electron chi connectivity index (χ2n) is 5.34. The summed E-state index contributed by atoms with van der Waals surface area (Å²) in [5.41, 5.74) is 2.07. The molecule has 0 aliphatic carbocycles. The van der Waals surface area contributed by atoms with Gasteiger partial charge in [0, 0.05) is 25.4 Å². The molecule has 20 heavy (non-hydrogen) atoms. The summed E-state index contributed by atoms with van der Waals surface area (Å²) >= 11 is 0. The van der Waals surface area contributed by atoms with E-state index in [4.69, 9.17) is 9.57 Å². The van der Waals surface area contributed by atoms with Crippen LogP contribution in [-0.2, 0) is 16.2 Å². The molecule has 5 heteroatoms. The Labute approximate surface area is 118 Å². The fourth-order valence-corrected chi connectivity index (χ4v) is 2.42. The molecule has 0 saturated carbocycles. The number of likely N-dealkylation sites (tertiary alicyclic amines) is 1. The van der Waals surface area contributed by atoms with Crippen molar-refractivity contribution >= 4 is 11.8 Å². The van der Waals surface area contributed by atoms with Gasteiger partial charge < -0.3 is 14.5 Å². The topological polar surface area (TPSA) is 51.1 Å². The number of hydrogen-bond donors (Lipinski definition) is 0. The average Bonchev–Trinajstić information content (AvgIpc) is 2.82. The van der Waals surface area contributed by atoms with Crippen LogP contribution in [0.4, 0.5) is 4.79 Å². The van der Waals surface area contributed by atoms with Gasteiger partial charge in [-0.15, -0.1) is 0 Å². The average molecular weight is 274 g/mol. The number of rotatable bonds is 3. The van der Waals surface area contributed by atoms with Gasteiger partial charge in [0.05, 0.1) is 5.71 Å². The van der Waals surface area contributed by atoms with E-state index in [2.05, 4.69) is 5.16 Å². The van der Waals surface area contributed by atoms with Crippen LogP contribution >= 0.6 is 0 Å². The third kappa shape index (κ3) is 2.76. The maximum atomic E-state index is 11.9. The predicted molar refractivity (Wildman–Crippen MR) is 74.3 cm³/mol. The van der Waals surface area contributed by atoms with Crippen molar-refractivity contribution in [2.45, 2.75) is 26.1 Å². The van der Waals surface area contributed by atoms with Gasteiger partial charge in [-0.1, -0.05) is 35.5 Å². The molecule has 2 aliphatic rings. The number of hydrogen-bond acceptors (Lipinski definition) is 4. The van der Waals surface area contributed by atoms with Gasteiger partial charge in [-0.3, -0.25) is 0 Å². The standard InChI is InChI=1S/C15H18N2O3/c1-11-7-14(16-20-11)13-8-17(9-13)15(18)19-10-12-5-3-2-4-6-12/h2-6,11,13H,7-10H2,1H3. The predicted octanol–water partition coefficient (Wildman–Crippen LogP) is 2.42. The van der Waals surface area contributed by atoms with Gasteiger partial charge in [-0.05, 0) is 12.5 Å². The Balaban J connectivity index is 1.42. The molecule has 1 unspecified atom stereocenters. The SMILES string of the molecule is CC1CC(C2CN(C(=O)OCc3ccccc3)C2)=NO1. The van der Waals surface area contributed by atoms with Crippen LogP contribution in [0.2, 0.25) is 0 Å². The van der Waals surface area contributed by atoms with E-state index in [1.165, 1.54) is 0 Å². The molecule has 0 aromatic heterocycles. The van der Waals surface area contributed by atoms with Crippen molar-refractivity contribution in [3.63, 3.8) is 0 Å². The highest BCUT2D eigenvalue weighted by Crippen LogP contribution is 2.24. The normalized spacial score (nSPS) is 21.9. The van der Waals surface area contributed by atoms with Crippen molar-refractivity contribution in [2.75, 3.05) is 13.1 Å². The highest BCUT2D eigenvalue weighted by atomic mass is 16.6. The van der Waals surface area contributed by atoms with Gasteiger partial charge in [0.1, 0.15) is 12.7 Å². The highest BCUT2D eigenvalue weighted by Gasteiger charge is 2.37. The van der Waals surface area contributed by atoms with E-state index in [9.17, 15) is 4.79 Å². The maximum absolute atomic E-state index is 11.9. The van der Waals surface area contributed by atoms with Gasteiger partial charge in [-0.25, -0.2) is 4.79 Å². The highest BCUT2D eigenvalue weighted by molar-refractivity contribution is 5.90. The summed E-state index contributed by atoms with van der Waals surface area (Å²) in [4.78, 5) is 18.7. The van der Waals surface area contributed by atoms with Crippen LogP contribution in [0.1, 0.15) is 18.9 Å². The third-order valence-corrected chi connectivity index (χ3v) is 3.66. The van der Waals surface area contributed by atoms with Crippen molar-refractivity contribution < 1.29 is 14.4 Å². The molecule has 1 saturated heterocycles. The first kappa shape index (κ1) is 13.0. The Morgan fingerprint density at radius 2 is 2.15 bits per heavy atom. The molecule has 2 heterocycles. The van der Waals surface area contributed by atoms with E-state index < -0.39 is 0 Å². The molecule has 0 N–H and O–H groups in total. The summed E-state index contributed by atoms with van der Waals surface area (Å²) in [6.07, 6.45) is 0.791. The van der Waals surface area contributed by atoms with Crippen LogP contribution in [-0.4, -0.2) is 35.9 Å². The molecule has 0 bridgehead atoms. The zero-order chi connectivity index (χ0) is 13.9. The molecule has 3 rings (SSSR count). The molecular formula is C15H18N2O3. The van der Waals surface area contributed by atoms with Gasteiger partial charge in [-0.2, -0.15) is 0 Å². The number of oxime groups is 1. The number of nitrogens with zero attached hydrogens (tertiary/aromatic N) is 2. The maximum Gasteiger partial charge on any atom is 0.410 e. The second-order valence-corrected chi connectivity index (χ2v) is 5.34. The molecule has 5 nitrogen and oxygen atoms in total. The quantitative estimate of drug-likeness (QED) is 0.850. The summed E-state index contributed by atoms with van der Waals surface area (Å²) in [5.74, 6) is 0.337. The first-order valence-corrected chi connectivity index (χ1v) is 6.90. The molecular weight excluding hydrogens is 256 g/mol. The lowest BCUT2D eigenvalue weighted by Gasteiger charge is -2.37. The zero-order valence-electron chi connectivity index (χ0n) is 11.5. The first-order valence-electron chi connectivity index (χ1n) is 6.90. The van der Waals surface area contributed by atoms with Crippen molar-refractivity contribution in [1.82, 2.24) is 4.90 Å². The Morgan fingerprint density at radius 3 is 2.80 bits per heavy atom. The first-order chi connectivity index (χ1) is 9.72. The van der Waals surface area contributed by atoms with Crippen LogP contribution in [0.25, 0.3) is 0 Å². The van der Waals surface area contributed by atoms with Crippen molar-refractivity contribution in [3.8, 4) is 0 Å². The molecule has 0 spiro atoms. The van der Waals surface area contributed by atoms with Gasteiger partial charge >= 0.3 is 6.09 Å². The monoisotopic (exact) mass is 274 g/mol. The van der Waals surface area contributed by atoms with E-state index in [1.807, 2.05) is 37.3 Å². The largest absolute Gasteiger partial charge is 0.445 e. The van der Waals surface area contributed by atoms with Crippen LogP contribution in [0.3, 0.4) is 0 Å². The summed E-state index contributed by atoms with van der Waals surface area (Å²) in [6.45, 7) is 3.69. The van der Waals surface area contributed by atoms with E-state index in [-0.39, 0.29) is 12.2 Å². The van der Waals surface area contributed by atoms with Gasteiger partial charge in [0.15, 0.2) is 0 Å². The molecule has 1 amide bonds.